The molecule has 0 unspecified atom stereocenters. The summed E-state index contributed by atoms with van der Waals surface area (Å²) < 4.78 is 25.0. The molecule has 0 aromatic carbocycles. The summed E-state index contributed by atoms with van der Waals surface area (Å²) >= 11 is 7.42. The summed E-state index contributed by atoms with van der Waals surface area (Å²) in [7, 11) is 0.443. The fourth-order valence-corrected chi connectivity index (χ4v) is 3.15. The van der Waals surface area contributed by atoms with Gasteiger partial charge in [-0.25, -0.2) is 13.1 Å². The van der Waals surface area contributed by atoms with Crippen molar-refractivity contribution in [2.45, 2.75) is 6.54 Å². The zero-order valence-electron chi connectivity index (χ0n) is 11.7. The molecule has 0 aliphatic rings. The van der Waals surface area contributed by atoms with Crippen LogP contribution in [0.1, 0.15) is 4.88 Å². The normalized spacial score (nSPS) is 12.5. The third kappa shape index (κ3) is 6.56. The van der Waals surface area contributed by atoms with Crippen molar-refractivity contribution in [2.75, 3.05) is 33.4 Å². The van der Waals surface area contributed by atoms with Gasteiger partial charge in [0.2, 0.25) is 10.0 Å². The van der Waals surface area contributed by atoms with Gasteiger partial charge in [0.1, 0.15) is 0 Å². The van der Waals surface area contributed by atoms with Gasteiger partial charge in [-0.15, -0.1) is 11.3 Å². The first kappa shape index (κ1) is 17.2. The van der Waals surface area contributed by atoms with E-state index in [1.807, 2.05) is 24.1 Å². The first-order valence-corrected chi connectivity index (χ1v) is 9.01. The molecule has 0 amide bonds. The Labute approximate surface area is 128 Å². The minimum atomic E-state index is -3.15. The summed E-state index contributed by atoms with van der Waals surface area (Å²) in [6.45, 7) is 1.47. The molecule has 0 radical (unpaired) electrons. The van der Waals surface area contributed by atoms with Crippen molar-refractivity contribution in [3.63, 3.8) is 0 Å². The molecule has 0 aliphatic carbocycles. The Bertz CT molecular complexity index is 557. The Morgan fingerprint density at radius 1 is 1.45 bits per heavy atom. The molecule has 9 heteroatoms. The Morgan fingerprint density at radius 3 is 2.65 bits per heavy atom. The molecule has 0 saturated carbocycles. The monoisotopic (exact) mass is 338 g/mol. The van der Waals surface area contributed by atoms with Crippen LogP contribution in [0, 0.1) is 0 Å². The highest BCUT2D eigenvalue weighted by molar-refractivity contribution is 7.88. The van der Waals surface area contributed by atoms with Crippen LogP contribution in [0.2, 0.25) is 4.34 Å². The molecule has 6 nitrogen and oxygen atoms in total. The number of hydrogen-bond donors (Lipinski definition) is 2. The van der Waals surface area contributed by atoms with Crippen molar-refractivity contribution in [1.82, 2.24) is 14.9 Å². The lowest BCUT2D eigenvalue weighted by atomic mass is 10.4. The Hall–Kier alpha value is -0.830. The molecule has 0 aliphatic heterocycles. The predicted molar refractivity (Wildman–Crippen MR) is 85.0 cm³/mol. The van der Waals surface area contributed by atoms with Crippen LogP contribution in [0.3, 0.4) is 0 Å². The maximum absolute atomic E-state index is 10.9. The maximum Gasteiger partial charge on any atom is 0.208 e. The van der Waals surface area contributed by atoms with Gasteiger partial charge in [0.05, 0.1) is 17.1 Å². The molecule has 0 saturated heterocycles. The quantitative estimate of drug-likeness (QED) is 0.460. The third-order valence-electron chi connectivity index (χ3n) is 2.37. The summed E-state index contributed by atoms with van der Waals surface area (Å²) in [6.07, 6.45) is 1.13. The SMILES string of the molecule is CN=C(NCCNS(C)(=O)=O)N(C)Cc1ccc(Cl)s1. The van der Waals surface area contributed by atoms with Gasteiger partial charge in [0.15, 0.2) is 5.96 Å². The average Bonchev–Trinajstić information content (AvgIpc) is 2.73. The van der Waals surface area contributed by atoms with E-state index in [-0.39, 0.29) is 0 Å². The highest BCUT2D eigenvalue weighted by Crippen LogP contribution is 2.22. The molecule has 0 bridgehead atoms. The summed E-state index contributed by atoms with van der Waals surface area (Å²) in [5, 5.41) is 3.09. The van der Waals surface area contributed by atoms with Crippen LogP contribution in [0.4, 0.5) is 0 Å². The van der Waals surface area contributed by atoms with E-state index in [1.165, 1.54) is 11.3 Å². The maximum atomic E-state index is 10.9. The van der Waals surface area contributed by atoms with Gasteiger partial charge in [-0.05, 0) is 12.1 Å². The largest absolute Gasteiger partial charge is 0.355 e. The number of aliphatic imine (C=N–C) groups is 1. The highest BCUT2D eigenvalue weighted by Gasteiger charge is 2.08. The molecule has 1 heterocycles. The van der Waals surface area contributed by atoms with Crippen LogP contribution in [0.15, 0.2) is 17.1 Å². The van der Waals surface area contributed by atoms with E-state index < -0.39 is 10.0 Å². The van der Waals surface area contributed by atoms with E-state index in [0.29, 0.717) is 25.6 Å². The van der Waals surface area contributed by atoms with E-state index in [2.05, 4.69) is 15.0 Å². The molecule has 1 aromatic rings. The van der Waals surface area contributed by atoms with Crippen molar-refractivity contribution in [1.29, 1.82) is 0 Å². The van der Waals surface area contributed by atoms with Crippen LogP contribution in [0.5, 0.6) is 0 Å². The zero-order chi connectivity index (χ0) is 15.2. The van der Waals surface area contributed by atoms with Gasteiger partial charge in [0.25, 0.3) is 0 Å². The van der Waals surface area contributed by atoms with Crippen molar-refractivity contribution < 1.29 is 8.42 Å². The molecule has 20 heavy (non-hydrogen) atoms. The van der Waals surface area contributed by atoms with E-state index in [9.17, 15) is 8.42 Å². The molecule has 0 spiro atoms. The molecule has 1 aromatic heterocycles. The van der Waals surface area contributed by atoms with Gasteiger partial charge in [-0.1, -0.05) is 11.6 Å². The minimum Gasteiger partial charge on any atom is -0.355 e. The van der Waals surface area contributed by atoms with Gasteiger partial charge in [-0.3, -0.25) is 4.99 Å². The fourth-order valence-electron chi connectivity index (χ4n) is 1.54. The Balaban J connectivity index is 2.42. The number of halogens is 1. The molecule has 0 atom stereocenters. The smallest absolute Gasteiger partial charge is 0.208 e. The van der Waals surface area contributed by atoms with E-state index in [1.54, 1.807) is 7.05 Å². The van der Waals surface area contributed by atoms with Crippen LogP contribution in [-0.4, -0.2) is 52.7 Å². The Kier molecular flexibility index (Phi) is 6.74. The first-order valence-electron chi connectivity index (χ1n) is 5.92. The molecular weight excluding hydrogens is 320 g/mol. The highest BCUT2D eigenvalue weighted by atomic mass is 35.5. The molecule has 1 rings (SSSR count). The van der Waals surface area contributed by atoms with Crippen molar-refractivity contribution >= 4 is 38.9 Å². The second-order valence-electron chi connectivity index (χ2n) is 4.20. The van der Waals surface area contributed by atoms with Crippen molar-refractivity contribution in [3.8, 4) is 0 Å². The minimum absolute atomic E-state index is 0.316. The lowest BCUT2D eigenvalue weighted by Crippen LogP contribution is -2.41. The average molecular weight is 339 g/mol. The summed E-state index contributed by atoms with van der Waals surface area (Å²) in [6, 6.07) is 3.84. The van der Waals surface area contributed by atoms with Crippen LogP contribution >= 0.6 is 22.9 Å². The fraction of sp³-hybridized carbons (Fsp3) is 0.545. The number of thiophene rings is 1. The van der Waals surface area contributed by atoms with Gasteiger partial charge in [-0.2, -0.15) is 0 Å². The van der Waals surface area contributed by atoms with Gasteiger partial charge in [0, 0.05) is 32.1 Å². The second-order valence-corrected chi connectivity index (χ2v) is 7.84. The molecule has 114 valence electrons. The molecule has 0 fully saturated rings. The predicted octanol–water partition coefficient (Wildman–Crippen LogP) is 0.958. The molecular formula is C11H19ClN4O2S2. The number of hydrogen-bond acceptors (Lipinski definition) is 4. The second kappa shape index (κ2) is 7.82. The van der Waals surface area contributed by atoms with E-state index >= 15 is 0 Å². The first-order chi connectivity index (χ1) is 9.31. The van der Waals surface area contributed by atoms with E-state index in [0.717, 1.165) is 15.5 Å². The van der Waals surface area contributed by atoms with Crippen LogP contribution in [-0.2, 0) is 16.6 Å². The van der Waals surface area contributed by atoms with Gasteiger partial charge >= 0.3 is 0 Å². The summed E-state index contributed by atoms with van der Waals surface area (Å²) in [4.78, 5) is 7.23. The molecule has 2 N–H and O–H groups in total. The Morgan fingerprint density at radius 2 is 2.15 bits per heavy atom. The van der Waals surface area contributed by atoms with Crippen molar-refractivity contribution in [3.05, 3.63) is 21.3 Å². The van der Waals surface area contributed by atoms with Crippen molar-refractivity contribution in [2.24, 2.45) is 4.99 Å². The van der Waals surface area contributed by atoms with E-state index in [4.69, 9.17) is 11.6 Å². The number of sulfonamides is 1. The standard InChI is InChI=1S/C11H19ClN4O2S2/c1-13-11(14-6-7-15-20(3,17)18)16(2)8-9-4-5-10(12)19-9/h4-5,15H,6-8H2,1-3H3,(H,13,14). The summed E-state index contributed by atoms with van der Waals surface area (Å²) in [5.41, 5.74) is 0. The van der Waals surface area contributed by atoms with Crippen LogP contribution < -0.4 is 10.0 Å². The van der Waals surface area contributed by atoms with Crippen LogP contribution in [0.25, 0.3) is 0 Å². The van der Waals surface area contributed by atoms with Gasteiger partial charge < -0.3 is 10.2 Å². The number of guanidine groups is 1. The zero-order valence-corrected chi connectivity index (χ0v) is 14.1. The lowest BCUT2D eigenvalue weighted by molar-refractivity contribution is 0.481. The number of nitrogens with one attached hydrogen (secondary N) is 2. The third-order valence-corrected chi connectivity index (χ3v) is 4.31. The number of rotatable bonds is 6. The topological polar surface area (TPSA) is 73.8 Å². The summed E-state index contributed by atoms with van der Waals surface area (Å²) in [5.74, 6) is 0.699. The number of nitrogens with zero attached hydrogens (tertiary/aromatic N) is 2. The lowest BCUT2D eigenvalue weighted by Gasteiger charge is -2.21.